The minimum atomic E-state index is -4.59. The van der Waals surface area contributed by atoms with Gasteiger partial charge < -0.3 is 10.5 Å². The molecule has 2 N–H and O–H groups in total. The second-order valence-corrected chi connectivity index (χ2v) is 7.25. The first kappa shape index (κ1) is 22.5. The van der Waals surface area contributed by atoms with E-state index in [-0.39, 0.29) is 34.4 Å². The van der Waals surface area contributed by atoms with Gasteiger partial charge in [0.1, 0.15) is 30.5 Å². The van der Waals surface area contributed by atoms with Crippen LogP contribution in [0.4, 0.5) is 35.2 Å². The summed E-state index contributed by atoms with van der Waals surface area (Å²) in [5, 5.41) is 9.22. The molecule has 1 aliphatic rings. The number of imide groups is 1. The fourth-order valence-electron chi connectivity index (χ4n) is 3.41. The molecule has 2 aromatic carbocycles. The van der Waals surface area contributed by atoms with Crippen molar-refractivity contribution in [1.82, 2.24) is 9.97 Å². The molecule has 3 amide bonds. The maximum atomic E-state index is 13.1. The zero-order chi connectivity index (χ0) is 24.6. The molecule has 4 rings (SSSR count). The standard InChI is InChI=1S/C22H15F3N6O3/c1-12-7-15(34-20-16(9-26)19(27)28-11-29-20)5-6-17(12)31-18(32)10-30(21(31)33)14-4-2-3-13(8-14)22(23,24)25/h2-8,11H,10H2,1H3,(H2,27,28,29). The third kappa shape index (κ3) is 4.06. The Morgan fingerprint density at radius 3 is 2.59 bits per heavy atom. The van der Waals surface area contributed by atoms with Crippen LogP contribution in [0, 0.1) is 18.3 Å². The van der Waals surface area contributed by atoms with Gasteiger partial charge in [-0.3, -0.25) is 9.69 Å². The molecule has 172 valence electrons. The van der Waals surface area contributed by atoms with Crippen molar-refractivity contribution in [2.24, 2.45) is 0 Å². The predicted molar refractivity (Wildman–Crippen MR) is 114 cm³/mol. The van der Waals surface area contributed by atoms with Crippen LogP contribution in [0.5, 0.6) is 11.6 Å². The molecular weight excluding hydrogens is 453 g/mol. The molecule has 1 saturated heterocycles. The predicted octanol–water partition coefficient (Wildman–Crippen LogP) is 4.02. The van der Waals surface area contributed by atoms with Gasteiger partial charge in [0.05, 0.1) is 11.3 Å². The summed E-state index contributed by atoms with van der Waals surface area (Å²) in [6.07, 6.45) is -3.45. The highest BCUT2D eigenvalue weighted by molar-refractivity contribution is 6.27. The lowest BCUT2D eigenvalue weighted by molar-refractivity contribution is -0.137. The third-order valence-electron chi connectivity index (χ3n) is 5.03. The Balaban J connectivity index is 1.61. The number of rotatable bonds is 4. The molecule has 0 radical (unpaired) electrons. The van der Waals surface area contributed by atoms with Crippen LogP contribution in [0.15, 0.2) is 48.8 Å². The summed E-state index contributed by atoms with van der Waals surface area (Å²) >= 11 is 0. The van der Waals surface area contributed by atoms with E-state index in [1.165, 1.54) is 30.3 Å². The lowest BCUT2D eigenvalue weighted by Crippen LogP contribution is -2.33. The number of ether oxygens (including phenoxy) is 1. The van der Waals surface area contributed by atoms with E-state index in [1.54, 1.807) is 6.92 Å². The average Bonchev–Trinajstić information content (AvgIpc) is 3.08. The Morgan fingerprint density at radius 1 is 1.15 bits per heavy atom. The highest BCUT2D eigenvalue weighted by atomic mass is 19.4. The molecular formula is C22H15F3N6O3. The minimum absolute atomic E-state index is 0.0429. The molecule has 0 bridgehead atoms. The second kappa shape index (κ2) is 8.36. The first-order chi connectivity index (χ1) is 16.1. The summed E-state index contributed by atoms with van der Waals surface area (Å²) in [4.78, 5) is 35.1. The van der Waals surface area contributed by atoms with Gasteiger partial charge in [0.25, 0.3) is 5.91 Å². The van der Waals surface area contributed by atoms with Crippen LogP contribution < -0.4 is 20.3 Å². The minimum Gasteiger partial charge on any atom is -0.437 e. The van der Waals surface area contributed by atoms with E-state index in [9.17, 15) is 28.0 Å². The Morgan fingerprint density at radius 2 is 1.91 bits per heavy atom. The van der Waals surface area contributed by atoms with Crippen LogP contribution in [0.3, 0.4) is 0 Å². The maximum Gasteiger partial charge on any atom is 0.416 e. The van der Waals surface area contributed by atoms with Crippen molar-refractivity contribution in [1.29, 1.82) is 5.26 Å². The van der Waals surface area contributed by atoms with Crippen LogP contribution in [0.1, 0.15) is 16.7 Å². The van der Waals surface area contributed by atoms with Gasteiger partial charge >= 0.3 is 12.2 Å². The quantitative estimate of drug-likeness (QED) is 0.573. The van der Waals surface area contributed by atoms with E-state index >= 15 is 0 Å². The van der Waals surface area contributed by atoms with E-state index in [2.05, 4.69) is 9.97 Å². The zero-order valence-corrected chi connectivity index (χ0v) is 17.5. The number of nitriles is 1. The smallest absolute Gasteiger partial charge is 0.416 e. The van der Waals surface area contributed by atoms with Crippen LogP contribution in [0.25, 0.3) is 0 Å². The number of nitrogens with zero attached hydrogens (tertiary/aromatic N) is 5. The summed E-state index contributed by atoms with van der Waals surface area (Å²) in [6, 6.07) is 9.69. The van der Waals surface area contributed by atoms with Crippen LogP contribution in [-0.4, -0.2) is 28.5 Å². The topological polar surface area (TPSA) is 125 Å². The first-order valence-corrected chi connectivity index (χ1v) is 9.71. The number of benzene rings is 2. The maximum absolute atomic E-state index is 13.1. The largest absolute Gasteiger partial charge is 0.437 e. The highest BCUT2D eigenvalue weighted by Gasteiger charge is 2.40. The number of anilines is 3. The number of nitrogens with two attached hydrogens (primary N) is 1. The second-order valence-electron chi connectivity index (χ2n) is 7.25. The van der Waals surface area contributed by atoms with Crippen LogP contribution in [-0.2, 0) is 11.0 Å². The van der Waals surface area contributed by atoms with Gasteiger partial charge in [0.15, 0.2) is 5.56 Å². The number of urea groups is 1. The summed E-state index contributed by atoms with van der Waals surface area (Å²) in [5.74, 6) is -0.464. The first-order valence-electron chi connectivity index (χ1n) is 9.71. The van der Waals surface area contributed by atoms with E-state index in [1.807, 2.05) is 6.07 Å². The van der Waals surface area contributed by atoms with E-state index in [0.717, 1.165) is 28.3 Å². The Hall–Kier alpha value is -4.66. The third-order valence-corrected chi connectivity index (χ3v) is 5.03. The van der Waals surface area contributed by atoms with Crippen LogP contribution >= 0.6 is 0 Å². The van der Waals surface area contributed by atoms with Crippen molar-refractivity contribution in [3.63, 3.8) is 0 Å². The molecule has 2 heterocycles. The SMILES string of the molecule is Cc1cc(Oc2ncnc(N)c2C#N)ccc1N1C(=O)CN(c2cccc(C(F)(F)F)c2)C1=O. The monoisotopic (exact) mass is 468 g/mol. The van der Waals surface area contributed by atoms with Gasteiger partial charge in [0.2, 0.25) is 5.88 Å². The van der Waals surface area contributed by atoms with Crippen molar-refractivity contribution >= 4 is 29.1 Å². The van der Waals surface area contributed by atoms with Crippen molar-refractivity contribution < 1.29 is 27.5 Å². The number of amides is 3. The molecule has 0 aliphatic carbocycles. The highest BCUT2D eigenvalue weighted by Crippen LogP contribution is 2.35. The molecule has 34 heavy (non-hydrogen) atoms. The molecule has 0 unspecified atom stereocenters. The molecule has 3 aromatic rings. The Labute approximate surface area is 190 Å². The van der Waals surface area contributed by atoms with E-state index < -0.39 is 30.2 Å². The van der Waals surface area contributed by atoms with Gasteiger partial charge in [-0.2, -0.15) is 18.4 Å². The zero-order valence-electron chi connectivity index (χ0n) is 17.5. The molecule has 0 spiro atoms. The summed E-state index contributed by atoms with van der Waals surface area (Å²) in [7, 11) is 0. The van der Waals surface area contributed by atoms with Crippen molar-refractivity contribution in [2.45, 2.75) is 13.1 Å². The number of halogens is 3. The number of aryl methyl sites for hydroxylation is 1. The lowest BCUT2D eigenvalue weighted by Gasteiger charge is -2.20. The number of alkyl halides is 3. The molecule has 9 nitrogen and oxygen atoms in total. The van der Waals surface area contributed by atoms with Crippen LogP contribution in [0.2, 0.25) is 0 Å². The van der Waals surface area contributed by atoms with Crippen molar-refractivity contribution in [3.8, 4) is 17.7 Å². The van der Waals surface area contributed by atoms with Gasteiger partial charge in [-0.05, 0) is 48.9 Å². The number of nitrogen functional groups attached to an aromatic ring is 1. The number of hydrogen-bond acceptors (Lipinski definition) is 7. The number of carbonyl (C=O) groups excluding carboxylic acids is 2. The van der Waals surface area contributed by atoms with Crippen molar-refractivity contribution in [2.75, 3.05) is 22.1 Å². The number of aromatic nitrogens is 2. The molecule has 0 saturated carbocycles. The Kier molecular flexibility index (Phi) is 5.54. The van der Waals surface area contributed by atoms with Crippen molar-refractivity contribution in [3.05, 3.63) is 65.5 Å². The van der Waals surface area contributed by atoms with Gasteiger partial charge in [-0.25, -0.2) is 19.7 Å². The Bertz CT molecular complexity index is 1350. The fourth-order valence-corrected chi connectivity index (χ4v) is 3.41. The number of carbonyl (C=O) groups is 2. The average molecular weight is 468 g/mol. The molecule has 0 atom stereocenters. The van der Waals surface area contributed by atoms with Gasteiger partial charge in [-0.15, -0.1) is 0 Å². The number of hydrogen-bond donors (Lipinski definition) is 1. The molecule has 1 aliphatic heterocycles. The fraction of sp³-hybridized carbons (Fsp3) is 0.136. The van der Waals surface area contributed by atoms with E-state index in [4.69, 9.17) is 10.5 Å². The molecule has 12 heteroatoms. The van der Waals surface area contributed by atoms with Gasteiger partial charge in [0, 0.05) is 5.69 Å². The summed E-state index contributed by atoms with van der Waals surface area (Å²) in [6.45, 7) is 1.21. The summed E-state index contributed by atoms with van der Waals surface area (Å²) < 4.78 is 44.8. The molecule has 1 fully saturated rings. The van der Waals surface area contributed by atoms with Gasteiger partial charge in [-0.1, -0.05) is 6.07 Å². The summed E-state index contributed by atoms with van der Waals surface area (Å²) in [5.41, 5.74) is 5.32. The molecule has 1 aromatic heterocycles. The normalized spacial score (nSPS) is 13.9. The lowest BCUT2D eigenvalue weighted by atomic mass is 10.1. The van der Waals surface area contributed by atoms with E-state index in [0.29, 0.717) is 5.56 Å².